The van der Waals surface area contributed by atoms with Gasteiger partial charge in [-0.25, -0.2) is 27.6 Å². The molecule has 6 aliphatic rings. The summed E-state index contributed by atoms with van der Waals surface area (Å²) in [6.45, 7) is 16.0. The SMILES string of the molecule is CC(C)(C)OC(=O)N1C[C@@H]2C[C@@H]2[C@H]1C(=O)Nc1cccc(-c2ccccc2Cl)c1F.CC(C)(C)OC(=O)N1[C@@H]2C[C@@H]2C[C@H]1C(=O)O.CC(C)=C(Cl)N(C)C.Cl.Nc1cccc(-c2ccccc2Cl)c1F.O=C(Nc1cccc(-c2ccccc2Cl)c1F)[C@H]1NC[C@@H]2C[C@@H]21. The molecular formula is C70H79Cl5F3N7O8. The van der Waals surface area contributed by atoms with E-state index in [9.17, 15) is 32.8 Å². The normalized spacial score (nSPS) is 21.4. The highest BCUT2D eigenvalue weighted by molar-refractivity contribution is 6.34. The average Bonchev–Trinajstić information content (AvgIpc) is 1.57. The summed E-state index contributed by atoms with van der Waals surface area (Å²) < 4.78 is 54.4. The molecule has 0 spiro atoms. The van der Waals surface area contributed by atoms with Crippen molar-refractivity contribution in [3.63, 3.8) is 0 Å². The minimum Gasteiger partial charge on any atom is -0.480 e. The van der Waals surface area contributed by atoms with Crippen LogP contribution in [0.3, 0.4) is 0 Å². The smallest absolute Gasteiger partial charge is 0.411 e. The number of hydrogen-bond acceptors (Lipinski definition) is 10. The molecule has 498 valence electrons. The first-order chi connectivity index (χ1) is 43.3. The Morgan fingerprint density at radius 1 is 0.591 bits per heavy atom. The summed E-state index contributed by atoms with van der Waals surface area (Å²) in [7, 11) is 3.85. The maximum atomic E-state index is 15.2. The number of halogens is 8. The van der Waals surface area contributed by atoms with Gasteiger partial charge in [0, 0.05) is 75.1 Å². The van der Waals surface area contributed by atoms with Crippen LogP contribution in [0.2, 0.25) is 15.1 Å². The van der Waals surface area contributed by atoms with E-state index < -0.39 is 64.8 Å². The fourth-order valence-electron chi connectivity index (χ4n) is 11.5. The summed E-state index contributed by atoms with van der Waals surface area (Å²) in [6, 6.07) is 34.3. The van der Waals surface area contributed by atoms with E-state index in [2.05, 4.69) is 16.0 Å². The molecule has 3 aliphatic carbocycles. The van der Waals surface area contributed by atoms with Crippen molar-refractivity contribution in [1.29, 1.82) is 0 Å². The molecule has 0 bridgehead atoms. The zero-order valence-corrected chi connectivity index (χ0v) is 57.2. The summed E-state index contributed by atoms with van der Waals surface area (Å²) >= 11 is 24.1. The van der Waals surface area contributed by atoms with Crippen LogP contribution in [0.25, 0.3) is 33.4 Å². The maximum absolute atomic E-state index is 15.2. The molecule has 6 fully saturated rings. The molecule has 6 aromatic carbocycles. The summed E-state index contributed by atoms with van der Waals surface area (Å²) in [5, 5.41) is 19.9. The van der Waals surface area contributed by atoms with Crippen molar-refractivity contribution in [1.82, 2.24) is 20.0 Å². The number of benzene rings is 6. The lowest BCUT2D eigenvalue weighted by atomic mass is 10.0. The number of hydrogen-bond donors (Lipinski definition) is 5. The van der Waals surface area contributed by atoms with Crippen LogP contribution in [-0.4, -0.2) is 112 Å². The van der Waals surface area contributed by atoms with E-state index in [1.807, 2.05) is 45.0 Å². The molecule has 12 rings (SSSR count). The number of amides is 4. The van der Waals surface area contributed by atoms with E-state index in [4.69, 9.17) is 66.7 Å². The zero-order chi connectivity index (χ0) is 67.3. The molecular weight excluding hydrogens is 1300 g/mol. The number of aliphatic carboxylic acids is 1. The monoisotopic (exact) mass is 1380 g/mol. The molecule has 23 heteroatoms. The third-order valence-electron chi connectivity index (χ3n) is 16.2. The molecule has 3 heterocycles. The number of carbonyl (C=O) groups is 5. The van der Waals surface area contributed by atoms with Gasteiger partial charge in [-0.1, -0.05) is 137 Å². The largest absolute Gasteiger partial charge is 0.480 e. The van der Waals surface area contributed by atoms with Gasteiger partial charge in [0.15, 0.2) is 17.5 Å². The predicted octanol–water partition coefficient (Wildman–Crippen LogP) is 16.7. The summed E-state index contributed by atoms with van der Waals surface area (Å²) in [6.07, 6.45) is 2.46. The lowest BCUT2D eigenvalue weighted by Crippen LogP contribution is -2.47. The van der Waals surface area contributed by atoms with Gasteiger partial charge in [-0.3, -0.25) is 19.4 Å². The number of nitrogen functional groups attached to an aromatic ring is 1. The van der Waals surface area contributed by atoms with Crippen LogP contribution in [0.4, 0.5) is 39.8 Å². The van der Waals surface area contributed by atoms with Crippen LogP contribution in [-0.2, 0) is 23.9 Å². The number of likely N-dealkylation sites (tertiary alicyclic amines) is 2. The highest BCUT2D eigenvalue weighted by atomic mass is 35.5. The Morgan fingerprint density at radius 2 is 1.03 bits per heavy atom. The van der Waals surface area contributed by atoms with Crippen LogP contribution in [0.15, 0.2) is 138 Å². The number of nitrogens with zero attached hydrogens (tertiary/aromatic N) is 3. The number of ether oxygens (including phenoxy) is 2. The molecule has 0 radical (unpaired) electrons. The quantitative estimate of drug-likeness (QED) is 0.0682. The minimum atomic E-state index is -0.932. The van der Waals surface area contributed by atoms with E-state index in [1.54, 1.807) is 145 Å². The fourth-order valence-corrected chi connectivity index (χ4v) is 12.2. The van der Waals surface area contributed by atoms with E-state index >= 15 is 4.39 Å². The fraction of sp³-hybridized carbons (Fsp3) is 0.386. The van der Waals surface area contributed by atoms with Gasteiger partial charge in [0.2, 0.25) is 11.8 Å². The Labute approximate surface area is 567 Å². The molecule has 4 amide bonds. The number of piperidine rings is 3. The van der Waals surface area contributed by atoms with Crippen molar-refractivity contribution in [2.24, 2.45) is 29.6 Å². The van der Waals surface area contributed by atoms with Crippen LogP contribution in [0.1, 0.15) is 81.1 Å². The number of carbonyl (C=O) groups excluding carboxylic acids is 4. The Kier molecular flexibility index (Phi) is 24.3. The second-order valence-corrected chi connectivity index (χ2v) is 27.5. The number of nitrogens with one attached hydrogen (secondary N) is 3. The molecule has 6 N–H and O–H groups in total. The first-order valence-corrected chi connectivity index (χ1v) is 31.8. The molecule has 93 heavy (non-hydrogen) atoms. The van der Waals surface area contributed by atoms with E-state index in [-0.39, 0.29) is 53.4 Å². The highest BCUT2D eigenvalue weighted by Gasteiger charge is 2.59. The van der Waals surface area contributed by atoms with Gasteiger partial charge in [-0.05, 0) is 159 Å². The first kappa shape index (κ1) is 73.2. The van der Waals surface area contributed by atoms with Crippen molar-refractivity contribution in [3.05, 3.63) is 171 Å². The molecule has 6 aromatic rings. The van der Waals surface area contributed by atoms with Crippen molar-refractivity contribution in [2.75, 3.05) is 43.6 Å². The van der Waals surface area contributed by atoms with Crippen molar-refractivity contribution >= 4 is 106 Å². The second kappa shape index (κ2) is 30.9. The average molecular weight is 1380 g/mol. The molecule has 3 saturated heterocycles. The standard InChI is InChI=1S/C23H24ClFN2O3.C18H16ClFN2O.C12H9ClFN.C11H17NO4.C6H12ClN.ClH/c1-23(2,3)30-22(29)27-12-13-11-16(13)20(27)21(28)26-18-10-6-8-15(19(18)25)14-7-4-5-9-17(14)24;19-14-6-2-1-4-11(14)12-5-3-7-15(16(12)20)22-18(23)17-13-8-10(13)9-21-17;13-10-6-2-1-4-8(10)9-5-3-7-11(15)12(9)14;1-11(2,3)16-10(15)12-7-4-6(7)5-8(12)9(13)14;1-5(2)6(7)8(3)4;/h4-10,13,16,20H,11-12H2,1-3H3,(H,26,28);1-7,10,13,17,21H,8-9H2,(H,22,23);1-7H,15H2;6-8H,4-5H2,1-3H3,(H,13,14);1-4H3;1H/t13-,16-,20-;10-,13-,17-;;6-,7-,8+;;/m00.1../s1. The Morgan fingerprint density at radius 3 is 1.45 bits per heavy atom. The van der Waals surface area contributed by atoms with Gasteiger partial charge in [0.1, 0.15) is 28.4 Å². The van der Waals surface area contributed by atoms with Crippen molar-refractivity contribution < 1.29 is 51.7 Å². The van der Waals surface area contributed by atoms with Crippen LogP contribution < -0.4 is 21.7 Å². The summed E-state index contributed by atoms with van der Waals surface area (Å²) in [5.41, 5.74) is 8.74. The Balaban J connectivity index is 0.000000174. The molecule has 3 aliphatic heterocycles. The molecule has 15 nitrogen and oxygen atoms in total. The molecule has 3 saturated carbocycles. The number of nitrogens with two attached hydrogens (primary N) is 1. The summed E-state index contributed by atoms with van der Waals surface area (Å²) in [4.78, 5) is 65.6. The highest BCUT2D eigenvalue weighted by Crippen LogP contribution is 2.51. The predicted molar refractivity (Wildman–Crippen MR) is 365 cm³/mol. The molecule has 0 unspecified atom stereocenters. The maximum Gasteiger partial charge on any atom is 0.411 e. The van der Waals surface area contributed by atoms with Crippen LogP contribution in [0.5, 0.6) is 0 Å². The van der Waals surface area contributed by atoms with Crippen LogP contribution in [0, 0.1) is 47.0 Å². The number of allylic oxidation sites excluding steroid dienone is 1. The zero-order valence-electron chi connectivity index (χ0n) is 53.3. The second-order valence-electron chi connectivity index (χ2n) is 26.0. The summed E-state index contributed by atoms with van der Waals surface area (Å²) in [5.74, 6) is -1.16. The number of rotatable bonds is 9. The Hall–Kier alpha value is -7.19. The van der Waals surface area contributed by atoms with Gasteiger partial charge in [-0.2, -0.15) is 0 Å². The number of carboxylic acid groups (broad SMARTS) is 1. The topological polar surface area (TPSA) is 196 Å². The minimum absolute atomic E-state index is 0. The van der Waals surface area contributed by atoms with Crippen molar-refractivity contribution in [2.45, 2.75) is 116 Å². The van der Waals surface area contributed by atoms with Gasteiger partial charge < -0.3 is 41.2 Å². The lowest BCUT2D eigenvalue weighted by Gasteiger charge is -2.29. The third-order valence-corrected chi connectivity index (χ3v) is 17.9. The molecule has 9 atom stereocenters. The van der Waals surface area contributed by atoms with Crippen LogP contribution >= 0.6 is 58.8 Å². The van der Waals surface area contributed by atoms with E-state index in [1.165, 1.54) is 21.9 Å². The third kappa shape index (κ3) is 18.6. The van der Waals surface area contributed by atoms with Gasteiger partial charge in [0.05, 0.1) is 23.1 Å². The van der Waals surface area contributed by atoms with Gasteiger partial charge in [0.25, 0.3) is 0 Å². The van der Waals surface area contributed by atoms with E-state index in [0.717, 1.165) is 36.5 Å². The first-order valence-electron chi connectivity index (χ1n) is 30.3. The van der Waals surface area contributed by atoms with E-state index in [0.29, 0.717) is 85.1 Å². The van der Waals surface area contributed by atoms with Gasteiger partial charge >= 0.3 is 18.2 Å². The molecule has 0 aromatic heterocycles. The number of carboxylic acids is 1. The number of fused-ring (bicyclic) bond motifs is 3. The van der Waals surface area contributed by atoms with Gasteiger partial charge in [-0.15, -0.1) is 12.4 Å². The lowest BCUT2D eigenvalue weighted by molar-refractivity contribution is -0.142. The number of anilines is 3. The Bertz CT molecular complexity index is 3750. The van der Waals surface area contributed by atoms with Crippen molar-refractivity contribution in [3.8, 4) is 33.4 Å².